The predicted molar refractivity (Wildman–Crippen MR) is 91.6 cm³/mol. The number of carbonyl (C=O) groups is 1. The van der Waals surface area contributed by atoms with E-state index >= 15 is 0 Å². The van der Waals surface area contributed by atoms with E-state index in [0.29, 0.717) is 27.6 Å². The first-order chi connectivity index (χ1) is 11.6. The van der Waals surface area contributed by atoms with Gasteiger partial charge in [0.1, 0.15) is 0 Å². The Labute approximate surface area is 144 Å². The molecule has 0 aromatic heterocycles. The van der Waals surface area contributed by atoms with Gasteiger partial charge in [0.2, 0.25) is 5.90 Å². The first-order valence-corrected chi connectivity index (χ1v) is 7.49. The number of rotatable bonds is 4. The number of aliphatic imine (C=N–C) groups is 1. The number of para-hydroxylation sites is 1. The van der Waals surface area contributed by atoms with Crippen molar-refractivity contribution < 1.29 is 19.0 Å². The first-order valence-electron chi connectivity index (χ1n) is 7.12. The molecule has 1 aliphatic heterocycles. The largest absolute Gasteiger partial charge is 0.493 e. The van der Waals surface area contributed by atoms with Crippen LogP contribution in [-0.4, -0.2) is 26.1 Å². The van der Waals surface area contributed by atoms with Crippen molar-refractivity contribution in [2.75, 3.05) is 14.2 Å². The van der Waals surface area contributed by atoms with Crippen LogP contribution in [0.1, 0.15) is 11.1 Å². The SMILES string of the molecule is COc1cccc(/C=C2\N=C(c3cccc(Cl)c3)OC2=O)c1OC. The number of hydrogen-bond donors (Lipinski definition) is 0. The minimum atomic E-state index is -0.533. The summed E-state index contributed by atoms with van der Waals surface area (Å²) in [7, 11) is 3.08. The third kappa shape index (κ3) is 3.12. The molecule has 0 aliphatic carbocycles. The van der Waals surface area contributed by atoms with E-state index in [4.69, 9.17) is 25.8 Å². The van der Waals surface area contributed by atoms with Gasteiger partial charge in [0, 0.05) is 16.1 Å². The zero-order valence-electron chi connectivity index (χ0n) is 13.1. The monoisotopic (exact) mass is 343 g/mol. The van der Waals surface area contributed by atoms with Crippen molar-refractivity contribution in [3.8, 4) is 11.5 Å². The summed E-state index contributed by atoms with van der Waals surface area (Å²) < 4.78 is 15.8. The van der Waals surface area contributed by atoms with E-state index in [1.807, 2.05) is 0 Å². The second kappa shape index (κ2) is 6.76. The van der Waals surface area contributed by atoms with Crippen LogP contribution in [0.5, 0.6) is 11.5 Å². The molecule has 1 heterocycles. The summed E-state index contributed by atoms with van der Waals surface area (Å²) in [6.07, 6.45) is 1.60. The molecule has 0 radical (unpaired) electrons. The Hall–Kier alpha value is -2.79. The van der Waals surface area contributed by atoms with Crippen LogP contribution in [0.2, 0.25) is 5.02 Å². The summed E-state index contributed by atoms with van der Waals surface area (Å²) in [4.78, 5) is 16.3. The number of esters is 1. The van der Waals surface area contributed by atoms with Gasteiger partial charge in [0.05, 0.1) is 14.2 Å². The summed E-state index contributed by atoms with van der Waals surface area (Å²) >= 11 is 5.96. The van der Waals surface area contributed by atoms with E-state index in [0.717, 1.165) is 0 Å². The molecule has 0 spiro atoms. The van der Waals surface area contributed by atoms with Gasteiger partial charge in [0.15, 0.2) is 17.2 Å². The minimum absolute atomic E-state index is 0.177. The number of nitrogens with zero attached hydrogens (tertiary/aromatic N) is 1. The van der Waals surface area contributed by atoms with Crippen LogP contribution >= 0.6 is 11.6 Å². The van der Waals surface area contributed by atoms with Gasteiger partial charge in [-0.25, -0.2) is 9.79 Å². The van der Waals surface area contributed by atoms with Gasteiger partial charge in [-0.05, 0) is 30.3 Å². The number of halogens is 1. The maximum atomic E-state index is 12.1. The second-order valence-corrected chi connectivity index (χ2v) is 5.37. The van der Waals surface area contributed by atoms with Gasteiger partial charge < -0.3 is 14.2 Å². The Morgan fingerprint density at radius 2 is 1.92 bits per heavy atom. The van der Waals surface area contributed by atoms with Crippen molar-refractivity contribution in [1.82, 2.24) is 0 Å². The normalized spacial score (nSPS) is 15.2. The highest BCUT2D eigenvalue weighted by Gasteiger charge is 2.25. The van der Waals surface area contributed by atoms with Crippen molar-refractivity contribution in [2.24, 2.45) is 4.99 Å². The number of hydrogen-bond acceptors (Lipinski definition) is 5. The third-order valence-corrected chi connectivity index (χ3v) is 3.65. The van der Waals surface area contributed by atoms with Crippen LogP contribution in [0.15, 0.2) is 53.2 Å². The molecule has 0 bridgehead atoms. The fourth-order valence-electron chi connectivity index (χ4n) is 2.33. The Kier molecular flexibility index (Phi) is 4.53. The van der Waals surface area contributed by atoms with Crippen LogP contribution < -0.4 is 9.47 Å². The van der Waals surface area contributed by atoms with Crippen molar-refractivity contribution in [2.45, 2.75) is 0 Å². The first kappa shape index (κ1) is 16.1. The van der Waals surface area contributed by atoms with E-state index in [-0.39, 0.29) is 11.6 Å². The number of cyclic esters (lactones) is 1. The number of methoxy groups -OCH3 is 2. The van der Waals surface area contributed by atoms with Gasteiger partial charge in [-0.2, -0.15) is 0 Å². The number of carbonyl (C=O) groups excluding carboxylic acids is 1. The topological polar surface area (TPSA) is 57.1 Å². The van der Waals surface area contributed by atoms with E-state index < -0.39 is 5.97 Å². The molecule has 0 unspecified atom stereocenters. The molecule has 0 N–H and O–H groups in total. The second-order valence-electron chi connectivity index (χ2n) is 4.93. The summed E-state index contributed by atoms with van der Waals surface area (Å²) in [5, 5.41) is 0.540. The van der Waals surface area contributed by atoms with Crippen molar-refractivity contribution in [3.05, 3.63) is 64.3 Å². The highest BCUT2D eigenvalue weighted by molar-refractivity contribution is 6.31. The summed E-state index contributed by atoms with van der Waals surface area (Å²) in [5.74, 6) is 0.773. The van der Waals surface area contributed by atoms with Crippen LogP contribution in [0, 0.1) is 0 Å². The molecule has 0 atom stereocenters. The van der Waals surface area contributed by atoms with Crippen molar-refractivity contribution in [3.63, 3.8) is 0 Å². The lowest BCUT2D eigenvalue weighted by Gasteiger charge is -2.09. The molecule has 3 rings (SSSR count). The molecule has 1 aliphatic rings. The lowest BCUT2D eigenvalue weighted by atomic mass is 10.1. The average Bonchev–Trinajstić information content (AvgIpc) is 2.95. The fraction of sp³-hybridized carbons (Fsp3) is 0.111. The molecule has 0 saturated heterocycles. The number of benzene rings is 2. The number of ether oxygens (including phenoxy) is 3. The van der Waals surface area contributed by atoms with Gasteiger partial charge in [-0.3, -0.25) is 0 Å². The summed E-state index contributed by atoms with van der Waals surface area (Å²) in [6.45, 7) is 0. The zero-order chi connectivity index (χ0) is 17.1. The fourth-order valence-corrected chi connectivity index (χ4v) is 2.52. The maximum absolute atomic E-state index is 12.1. The maximum Gasteiger partial charge on any atom is 0.363 e. The zero-order valence-corrected chi connectivity index (χ0v) is 13.8. The molecule has 122 valence electrons. The molecule has 0 fully saturated rings. The molecule has 5 nitrogen and oxygen atoms in total. The van der Waals surface area contributed by atoms with Crippen LogP contribution in [-0.2, 0) is 9.53 Å². The van der Waals surface area contributed by atoms with E-state index in [1.165, 1.54) is 7.11 Å². The lowest BCUT2D eigenvalue weighted by molar-refractivity contribution is -0.129. The van der Waals surface area contributed by atoms with Gasteiger partial charge in [-0.15, -0.1) is 0 Å². The van der Waals surface area contributed by atoms with E-state index in [9.17, 15) is 4.79 Å². The van der Waals surface area contributed by atoms with Crippen LogP contribution in [0.4, 0.5) is 0 Å². The Morgan fingerprint density at radius 1 is 1.12 bits per heavy atom. The molecule has 0 saturated carbocycles. The molecule has 6 heteroatoms. The summed E-state index contributed by atoms with van der Waals surface area (Å²) in [6, 6.07) is 12.3. The van der Waals surface area contributed by atoms with Crippen LogP contribution in [0.25, 0.3) is 6.08 Å². The molecular formula is C18H14ClNO4. The smallest absolute Gasteiger partial charge is 0.363 e. The Balaban J connectivity index is 2.01. The quantitative estimate of drug-likeness (QED) is 0.627. The molecular weight excluding hydrogens is 330 g/mol. The van der Waals surface area contributed by atoms with E-state index in [2.05, 4.69) is 4.99 Å². The van der Waals surface area contributed by atoms with Crippen molar-refractivity contribution in [1.29, 1.82) is 0 Å². The van der Waals surface area contributed by atoms with Gasteiger partial charge in [-0.1, -0.05) is 29.8 Å². The molecule has 2 aromatic carbocycles. The van der Waals surface area contributed by atoms with Gasteiger partial charge >= 0.3 is 5.97 Å². The highest BCUT2D eigenvalue weighted by atomic mass is 35.5. The average molecular weight is 344 g/mol. The molecule has 2 aromatic rings. The Morgan fingerprint density at radius 3 is 2.62 bits per heavy atom. The molecule has 24 heavy (non-hydrogen) atoms. The Bertz CT molecular complexity index is 858. The lowest BCUT2D eigenvalue weighted by Crippen LogP contribution is -2.05. The molecule has 0 amide bonds. The van der Waals surface area contributed by atoms with Crippen LogP contribution in [0.3, 0.4) is 0 Å². The van der Waals surface area contributed by atoms with Gasteiger partial charge in [0.25, 0.3) is 0 Å². The predicted octanol–water partition coefficient (Wildman–Crippen LogP) is 3.70. The third-order valence-electron chi connectivity index (χ3n) is 3.42. The van der Waals surface area contributed by atoms with E-state index in [1.54, 1.807) is 55.7 Å². The highest BCUT2D eigenvalue weighted by Crippen LogP contribution is 2.33. The van der Waals surface area contributed by atoms with Crippen molar-refractivity contribution >= 4 is 29.5 Å². The minimum Gasteiger partial charge on any atom is -0.493 e. The standard InChI is InChI=1S/C18H14ClNO4/c1-22-15-8-4-5-11(16(15)23-2)10-14-18(21)24-17(20-14)12-6-3-7-13(19)9-12/h3-10H,1-2H3/b14-10-. The summed E-state index contributed by atoms with van der Waals surface area (Å²) in [5.41, 5.74) is 1.48.